The number of hydrogen-bond acceptors (Lipinski definition) is 6. The van der Waals surface area contributed by atoms with Gasteiger partial charge in [0.15, 0.2) is 0 Å². The maximum atomic E-state index is 12.6. The van der Waals surface area contributed by atoms with Gasteiger partial charge in [0.2, 0.25) is 6.39 Å². The lowest BCUT2D eigenvalue weighted by molar-refractivity contribution is 0.102. The summed E-state index contributed by atoms with van der Waals surface area (Å²) in [6.07, 6.45) is 4.60. The third-order valence-electron chi connectivity index (χ3n) is 3.75. The van der Waals surface area contributed by atoms with Gasteiger partial charge in [-0.15, -0.1) is 0 Å². The molecule has 0 saturated heterocycles. The number of carbonyl (C=O) groups is 1. The molecule has 8 heteroatoms. The first-order valence-electron chi connectivity index (χ1n) is 7.58. The summed E-state index contributed by atoms with van der Waals surface area (Å²) >= 11 is 0. The van der Waals surface area contributed by atoms with E-state index in [1.165, 1.54) is 6.39 Å². The van der Waals surface area contributed by atoms with Crippen LogP contribution in [0.25, 0.3) is 5.65 Å². The van der Waals surface area contributed by atoms with Crippen LogP contribution in [0.3, 0.4) is 0 Å². The number of amides is 1. The van der Waals surface area contributed by atoms with Crippen LogP contribution in [0.1, 0.15) is 16.1 Å². The van der Waals surface area contributed by atoms with Gasteiger partial charge >= 0.3 is 0 Å². The number of pyridine rings is 1. The van der Waals surface area contributed by atoms with Gasteiger partial charge in [-0.25, -0.2) is 4.98 Å². The minimum absolute atomic E-state index is 0.237. The molecule has 0 aliphatic carbocycles. The summed E-state index contributed by atoms with van der Waals surface area (Å²) in [5.74, 6) is 0.112. The molecule has 3 heterocycles. The standard InChI is InChI=1S/C17H14N6O2/c1-11-5-6-12(20-17-19-10-25-22-17)8-13(11)21-16(24)14-9-18-15-4-2-3-7-23(14)15/h2-10H,1H3,(H,20,22)(H,21,24). The molecule has 2 N–H and O–H groups in total. The number of aryl methyl sites for hydroxylation is 1. The van der Waals surface area contributed by atoms with Gasteiger partial charge in [-0.1, -0.05) is 12.1 Å². The van der Waals surface area contributed by atoms with Crippen LogP contribution in [0.15, 0.2) is 59.7 Å². The summed E-state index contributed by atoms with van der Waals surface area (Å²) in [7, 11) is 0. The number of fused-ring (bicyclic) bond motifs is 1. The number of rotatable bonds is 4. The maximum absolute atomic E-state index is 12.6. The third kappa shape index (κ3) is 2.92. The molecule has 0 fully saturated rings. The second-order valence-corrected chi connectivity index (χ2v) is 5.44. The zero-order valence-electron chi connectivity index (χ0n) is 13.3. The molecule has 0 atom stereocenters. The number of aromatic nitrogens is 4. The number of anilines is 3. The van der Waals surface area contributed by atoms with E-state index in [0.717, 1.165) is 16.9 Å². The van der Waals surface area contributed by atoms with Crippen LogP contribution in [-0.2, 0) is 0 Å². The van der Waals surface area contributed by atoms with Gasteiger partial charge in [-0.3, -0.25) is 9.20 Å². The van der Waals surface area contributed by atoms with Gasteiger partial charge in [-0.05, 0) is 41.9 Å². The Labute approximate surface area is 142 Å². The monoisotopic (exact) mass is 334 g/mol. The van der Waals surface area contributed by atoms with Gasteiger partial charge < -0.3 is 15.2 Å². The Balaban J connectivity index is 1.60. The molecule has 0 unspecified atom stereocenters. The maximum Gasteiger partial charge on any atom is 0.274 e. The van der Waals surface area contributed by atoms with E-state index in [9.17, 15) is 4.79 Å². The summed E-state index contributed by atoms with van der Waals surface area (Å²) in [4.78, 5) is 20.8. The van der Waals surface area contributed by atoms with Crippen LogP contribution in [0.2, 0.25) is 0 Å². The molecule has 4 aromatic rings. The number of benzene rings is 1. The molecule has 0 radical (unpaired) electrons. The average molecular weight is 334 g/mol. The Morgan fingerprint density at radius 1 is 1.20 bits per heavy atom. The Kier molecular flexibility index (Phi) is 3.62. The van der Waals surface area contributed by atoms with Crippen molar-refractivity contribution in [1.29, 1.82) is 0 Å². The highest BCUT2D eigenvalue weighted by atomic mass is 16.5. The Morgan fingerprint density at radius 3 is 2.96 bits per heavy atom. The SMILES string of the molecule is Cc1ccc(Nc2ncon2)cc1NC(=O)c1cnc2ccccn12. The number of nitrogens with zero attached hydrogens (tertiary/aromatic N) is 4. The number of nitrogens with one attached hydrogen (secondary N) is 2. The molecular weight excluding hydrogens is 320 g/mol. The summed E-state index contributed by atoms with van der Waals surface area (Å²) in [6, 6.07) is 11.2. The average Bonchev–Trinajstić information content (AvgIpc) is 3.27. The lowest BCUT2D eigenvalue weighted by Crippen LogP contribution is -2.15. The van der Waals surface area contributed by atoms with Gasteiger partial charge in [0.25, 0.3) is 11.9 Å². The Bertz CT molecular complexity index is 1040. The first kappa shape index (κ1) is 14.9. The molecule has 124 valence electrons. The topological polar surface area (TPSA) is 97.4 Å². The van der Waals surface area contributed by atoms with Crippen molar-refractivity contribution in [2.24, 2.45) is 0 Å². The van der Waals surface area contributed by atoms with Crippen LogP contribution in [0.5, 0.6) is 0 Å². The van der Waals surface area contributed by atoms with Gasteiger partial charge in [0.1, 0.15) is 11.3 Å². The highest BCUT2D eigenvalue weighted by molar-refractivity contribution is 6.04. The summed E-state index contributed by atoms with van der Waals surface area (Å²) in [5.41, 5.74) is 3.54. The van der Waals surface area contributed by atoms with Crippen LogP contribution in [0.4, 0.5) is 17.3 Å². The van der Waals surface area contributed by atoms with E-state index in [0.29, 0.717) is 17.3 Å². The lowest BCUT2D eigenvalue weighted by atomic mass is 10.1. The summed E-state index contributed by atoms with van der Waals surface area (Å²) < 4.78 is 6.43. The quantitative estimate of drug-likeness (QED) is 0.595. The minimum Gasteiger partial charge on any atom is -0.341 e. The predicted octanol–water partition coefficient (Wildman–Crippen LogP) is 3.02. The van der Waals surface area contributed by atoms with Crippen LogP contribution < -0.4 is 10.6 Å². The van der Waals surface area contributed by atoms with Gasteiger partial charge in [0, 0.05) is 17.6 Å². The second-order valence-electron chi connectivity index (χ2n) is 5.44. The summed E-state index contributed by atoms with van der Waals surface area (Å²) in [5, 5.41) is 9.63. The molecule has 0 aliphatic heterocycles. The van der Waals surface area contributed by atoms with E-state index < -0.39 is 0 Å². The number of imidazole rings is 1. The molecule has 1 amide bonds. The van der Waals surface area contributed by atoms with Crippen LogP contribution in [-0.4, -0.2) is 25.4 Å². The fraction of sp³-hybridized carbons (Fsp3) is 0.0588. The van der Waals surface area contributed by atoms with Crippen molar-refractivity contribution in [3.8, 4) is 0 Å². The van der Waals surface area contributed by atoms with Gasteiger partial charge in [-0.2, -0.15) is 4.98 Å². The van der Waals surface area contributed by atoms with Crippen molar-refractivity contribution in [3.63, 3.8) is 0 Å². The van der Waals surface area contributed by atoms with Crippen molar-refractivity contribution < 1.29 is 9.32 Å². The van der Waals surface area contributed by atoms with Crippen molar-refractivity contribution in [2.75, 3.05) is 10.6 Å². The molecule has 0 spiro atoms. The first-order valence-corrected chi connectivity index (χ1v) is 7.58. The fourth-order valence-electron chi connectivity index (χ4n) is 2.48. The molecule has 4 rings (SSSR count). The Morgan fingerprint density at radius 2 is 2.12 bits per heavy atom. The highest BCUT2D eigenvalue weighted by Crippen LogP contribution is 2.23. The van der Waals surface area contributed by atoms with E-state index in [1.54, 1.807) is 16.8 Å². The molecule has 0 saturated carbocycles. The molecule has 25 heavy (non-hydrogen) atoms. The van der Waals surface area contributed by atoms with Crippen molar-refractivity contribution in [3.05, 3.63) is 66.4 Å². The smallest absolute Gasteiger partial charge is 0.274 e. The molecule has 8 nitrogen and oxygen atoms in total. The highest BCUT2D eigenvalue weighted by Gasteiger charge is 2.13. The zero-order valence-corrected chi connectivity index (χ0v) is 13.3. The summed E-state index contributed by atoms with van der Waals surface area (Å²) in [6.45, 7) is 1.92. The van der Waals surface area contributed by atoms with Crippen molar-refractivity contribution >= 4 is 28.9 Å². The molecule has 3 aromatic heterocycles. The first-order chi connectivity index (χ1) is 12.2. The second kappa shape index (κ2) is 6.08. The number of carbonyl (C=O) groups excluding carboxylic acids is 1. The van der Waals surface area contributed by atoms with E-state index >= 15 is 0 Å². The third-order valence-corrected chi connectivity index (χ3v) is 3.75. The molecule has 1 aromatic carbocycles. The zero-order chi connectivity index (χ0) is 17.2. The molecular formula is C17H14N6O2. The van der Waals surface area contributed by atoms with Crippen molar-refractivity contribution in [1.82, 2.24) is 19.5 Å². The van der Waals surface area contributed by atoms with E-state index in [1.807, 2.05) is 43.3 Å². The van der Waals surface area contributed by atoms with E-state index in [4.69, 9.17) is 4.52 Å². The predicted molar refractivity (Wildman–Crippen MR) is 91.9 cm³/mol. The minimum atomic E-state index is -0.237. The van der Waals surface area contributed by atoms with E-state index in [-0.39, 0.29) is 5.91 Å². The van der Waals surface area contributed by atoms with Crippen LogP contribution in [0, 0.1) is 6.92 Å². The largest absolute Gasteiger partial charge is 0.341 e. The fourth-order valence-corrected chi connectivity index (χ4v) is 2.48. The normalized spacial score (nSPS) is 10.8. The number of hydrogen-bond donors (Lipinski definition) is 2. The molecule has 0 aliphatic rings. The van der Waals surface area contributed by atoms with Crippen LogP contribution >= 0.6 is 0 Å². The van der Waals surface area contributed by atoms with E-state index in [2.05, 4.69) is 25.8 Å². The Hall–Kier alpha value is -3.68. The van der Waals surface area contributed by atoms with Gasteiger partial charge in [0.05, 0.1) is 6.20 Å². The van der Waals surface area contributed by atoms with Crippen molar-refractivity contribution in [2.45, 2.75) is 6.92 Å². The molecule has 0 bridgehead atoms. The lowest BCUT2D eigenvalue weighted by Gasteiger charge is -2.10.